The highest BCUT2D eigenvalue weighted by Gasteiger charge is 2.53. The van der Waals surface area contributed by atoms with Crippen LogP contribution in [0, 0.1) is 30.1 Å². The highest BCUT2D eigenvalue weighted by atomic mass is 16.5. The molecule has 1 saturated carbocycles. The molecule has 0 unspecified atom stereocenters. The zero-order valence-corrected chi connectivity index (χ0v) is 19.7. The van der Waals surface area contributed by atoms with Crippen LogP contribution in [0.3, 0.4) is 0 Å². The van der Waals surface area contributed by atoms with Crippen LogP contribution < -0.4 is 4.74 Å². The van der Waals surface area contributed by atoms with Crippen molar-refractivity contribution in [1.29, 1.82) is 0 Å². The van der Waals surface area contributed by atoms with E-state index in [1.54, 1.807) is 7.11 Å². The van der Waals surface area contributed by atoms with Gasteiger partial charge in [0.2, 0.25) is 0 Å². The lowest BCUT2D eigenvalue weighted by Gasteiger charge is -2.52. The summed E-state index contributed by atoms with van der Waals surface area (Å²) in [6.07, 6.45) is 6.87. The molecule has 3 rings (SSSR count). The number of methoxy groups -OCH3 is 1. The van der Waals surface area contributed by atoms with E-state index in [0.717, 1.165) is 37.3 Å². The van der Waals surface area contributed by atoms with E-state index in [1.807, 2.05) is 19.1 Å². The van der Waals surface area contributed by atoms with Gasteiger partial charge in [-0.3, -0.25) is 4.79 Å². The fraction of sp³-hybridized carbons (Fsp3) is 0.615. The zero-order valence-electron chi connectivity index (χ0n) is 19.7. The van der Waals surface area contributed by atoms with Crippen molar-refractivity contribution in [2.24, 2.45) is 23.7 Å². The molecule has 1 fully saturated rings. The summed E-state index contributed by atoms with van der Waals surface area (Å²) in [5.74, 6) is 1.35. The second-order valence-corrected chi connectivity index (χ2v) is 9.56. The van der Waals surface area contributed by atoms with Gasteiger partial charge in [-0.05, 0) is 67.8 Å². The average molecular weight is 428 g/mol. The Hall–Kier alpha value is -1.85. The Morgan fingerprint density at radius 2 is 2.00 bits per heavy atom. The van der Waals surface area contributed by atoms with Crippen LogP contribution in [0.15, 0.2) is 35.9 Å². The van der Waals surface area contributed by atoms with Gasteiger partial charge in [0.25, 0.3) is 0 Å². The zero-order chi connectivity index (χ0) is 22.8. The Kier molecular flexibility index (Phi) is 7.48. The van der Waals surface area contributed by atoms with Crippen LogP contribution in [-0.2, 0) is 16.1 Å². The van der Waals surface area contributed by atoms with E-state index in [1.165, 1.54) is 12.5 Å². The molecule has 0 bridgehead atoms. The van der Waals surface area contributed by atoms with Crippen LogP contribution in [0.1, 0.15) is 46.1 Å². The third kappa shape index (κ3) is 5.32. The Morgan fingerprint density at radius 1 is 1.32 bits per heavy atom. The van der Waals surface area contributed by atoms with E-state index in [2.05, 4.69) is 50.4 Å². The van der Waals surface area contributed by atoms with Crippen molar-refractivity contribution in [3.05, 3.63) is 47.9 Å². The molecular formula is C26H37NO4. The number of esters is 1. The number of carbonyl (C=O) groups is 1. The standard InChI is InChI=1S/C26H37NO4/c1-17-13-24-23(12-7-19(3)26(24,29)14-25(17)31-20(4)28)18(2)15-27(5)16-21-8-10-22(30-6)11-9-21/h8-11,13,18-19,23-25,29H,7,12,15-16H2,1-6H3/t18-,19-,23+,24-,25-,26-/m1/s1. The lowest BCUT2D eigenvalue weighted by Crippen LogP contribution is -2.56. The van der Waals surface area contributed by atoms with E-state index in [4.69, 9.17) is 9.47 Å². The third-order valence-corrected chi connectivity index (χ3v) is 7.10. The molecule has 1 N–H and O–H groups in total. The van der Waals surface area contributed by atoms with Gasteiger partial charge in [0.1, 0.15) is 11.9 Å². The molecule has 2 radical (unpaired) electrons. The molecule has 31 heavy (non-hydrogen) atoms. The molecule has 0 aromatic heterocycles. The highest BCUT2D eigenvalue weighted by molar-refractivity contribution is 5.66. The Labute approximate surface area is 187 Å². The minimum Gasteiger partial charge on any atom is -0.497 e. The van der Waals surface area contributed by atoms with E-state index in [9.17, 15) is 9.90 Å². The smallest absolute Gasteiger partial charge is 0.303 e. The second kappa shape index (κ2) is 9.74. The second-order valence-electron chi connectivity index (χ2n) is 9.56. The van der Waals surface area contributed by atoms with Gasteiger partial charge in [0.05, 0.1) is 19.1 Å². The first-order chi connectivity index (χ1) is 14.6. The largest absolute Gasteiger partial charge is 0.497 e. The first-order valence-corrected chi connectivity index (χ1v) is 11.3. The number of ether oxygens (including phenoxy) is 2. The van der Waals surface area contributed by atoms with Gasteiger partial charge in [-0.25, -0.2) is 0 Å². The van der Waals surface area contributed by atoms with Gasteiger partial charge in [-0.15, -0.1) is 0 Å². The van der Waals surface area contributed by atoms with E-state index in [-0.39, 0.29) is 17.8 Å². The van der Waals surface area contributed by atoms with Crippen LogP contribution in [0.4, 0.5) is 0 Å². The molecule has 0 heterocycles. The third-order valence-electron chi connectivity index (χ3n) is 7.10. The Bertz CT molecular complexity index is 789. The van der Waals surface area contributed by atoms with Gasteiger partial charge < -0.3 is 19.5 Å². The summed E-state index contributed by atoms with van der Waals surface area (Å²) in [6.45, 7) is 9.55. The molecule has 2 aliphatic rings. The first-order valence-electron chi connectivity index (χ1n) is 11.3. The molecule has 170 valence electrons. The number of benzene rings is 1. The maximum Gasteiger partial charge on any atom is 0.303 e. The van der Waals surface area contributed by atoms with Crippen LogP contribution in [0.2, 0.25) is 0 Å². The number of aliphatic hydroxyl groups is 1. The van der Waals surface area contributed by atoms with Crippen molar-refractivity contribution < 1.29 is 19.4 Å². The van der Waals surface area contributed by atoms with Crippen LogP contribution >= 0.6 is 0 Å². The summed E-state index contributed by atoms with van der Waals surface area (Å²) >= 11 is 0. The predicted octanol–water partition coefficient (Wildman–Crippen LogP) is 4.13. The van der Waals surface area contributed by atoms with Crippen LogP contribution in [0.25, 0.3) is 0 Å². The van der Waals surface area contributed by atoms with Gasteiger partial charge in [-0.1, -0.05) is 32.1 Å². The van der Waals surface area contributed by atoms with Crippen molar-refractivity contribution in [3.8, 4) is 5.75 Å². The molecule has 0 spiro atoms. The molecule has 0 saturated heterocycles. The topological polar surface area (TPSA) is 59.0 Å². The maximum atomic E-state index is 11.6. The van der Waals surface area contributed by atoms with Crippen molar-refractivity contribution in [1.82, 2.24) is 4.90 Å². The summed E-state index contributed by atoms with van der Waals surface area (Å²) in [5.41, 5.74) is 1.15. The van der Waals surface area contributed by atoms with Crippen molar-refractivity contribution in [3.63, 3.8) is 0 Å². The van der Waals surface area contributed by atoms with Gasteiger partial charge in [-0.2, -0.15) is 0 Å². The fourth-order valence-electron chi connectivity index (χ4n) is 5.34. The fourth-order valence-corrected chi connectivity index (χ4v) is 5.34. The average Bonchev–Trinajstić information content (AvgIpc) is 2.70. The van der Waals surface area contributed by atoms with Gasteiger partial charge in [0.15, 0.2) is 0 Å². The predicted molar refractivity (Wildman–Crippen MR) is 121 cm³/mol. The normalized spacial score (nSPS) is 31.5. The van der Waals surface area contributed by atoms with E-state index < -0.39 is 11.7 Å². The molecule has 0 amide bonds. The summed E-state index contributed by atoms with van der Waals surface area (Å²) < 4.78 is 10.7. The van der Waals surface area contributed by atoms with Crippen molar-refractivity contribution in [2.75, 3.05) is 20.7 Å². The number of rotatable bonds is 7. The molecule has 5 nitrogen and oxygen atoms in total. The van der Waals surface area contributed by atoms with Crippen molar-refractivity contribution >= 4 is 5.97 Å². The van der Waals surface area contributed by atoms with Crippen LogP contribution in [-0.4, -0.2) is 48.4 Å². The number of hydrogen-bond donors (Lipinski definition) is 1. The number of carbonyl (C=O) groups excluding carboxylic acids is 1. The number of nitrogens with zero attached hydrogens (tertiary/aromatic N) is 1. The Morgan fingerprint density at radius 3 is 2.61 bits per heavy atom. The molecule has 2 aliphatic carbocycles. The monoisotopic (exact) mass is 427 g/mol. The lowest BCUT2D eigenvalue weighted by atomic mass is 9.57. The van der Waals surface area contributed by atoms with Crippen LogP contribution in [0.5, 0.6) is 5.75 Å². The van der Waals surface area contributed by atoms with E-state index in [0.29, 0.717) is 11.8 Å². The summed E-state index contributed by atoms with van der Waals surface area (Å²) in [4.78, 5) is 13.8. The summed E-state index contributed by atoms with van der Waals surface area (Å²) in [6, 6.07) is 8.20. The molecule has 6 atom stereocenters. The van der Waals surface area contributed by atoms with Gasteiger partial charge in [0, 0.05) is 25.9 Å². The molecule has 1 aromatic carbocycles. The SMILES string of the molecule is COc1ccc(CN(C)C[C@@H](C)[C@@H]2CC[C@@H](C)[C@]3(O)[C][C@@H](OC(C)=O)C(C)=C[C@H]23)cc1. The molecule has 0 aliphatic heterocycles. The minimum absolute atomic E-state index is 0.00700. The van der Waals surface area contributed by atoms with Gasteiger partial charge >= 0.3 is 5.97 Å². The highest BCUT2D eigenvalue weighted by Crippen LogP contribution is 2.50. The molecular weight excluding hydrogens is 390 g/mol. The lowest BCUT2D eigenvalue weighted by molar-refractivity contribution is -0.148. The minimum atomic E-state index is -1.06. The summed E-state index contributed by atoms with van der Waals surface area (Å²) in [5, 5.41) is 11.6. The number of hydrogen-bond acceptors (Lipinski definition) is 5. The Balaban J connectivity index is 1.70. The maximum absolute atomic E-state index is 11.6. The first kappa shape index (κ1) is 23.8. The quantitative estimate of drug-likeness (QED) is 0.524. The number of fused-ring (bicyclic) bond motifs is 1. The molecule has 5 heteroatoms. The summed E-state index contributed by atoms with van der Waals surface area (Å²) in [7, 11) is 3.83. The van der Waals surface area contributed by atoms with Crippen molar-refractivity contribution in [2.45, 2.75) is 58.8 Å². The van der Waals surface area contributed by atoms with E-state index >= 15 is 0 Å². The molecule has 1 aromatic rings.